The van der Waals surface area contributed by atoms with Gasteiger partial charge in [-0.05, 0) is 130 Å². The lowest BCUT2D eigenvalue weighted by atomic mass is 9.93. The monoisotopic (exact) mass is 452 g/mol. The first kappa shape index (κ1) is 29.9. The van der Waals surface area contributed by atoms with Crippen molar-refractivity contribution in [1.82, 2.24) is 20.4 Å². The van der Waals surface area contributed by atoms with E-state index in [1.165, 1.54) is 64.7 Å². The second kappa shape index (κ2) is 15.7. The molecule has 0 bridgehead atoms. The van der Waals surface area contributed by atoms with Gasteiger partial charge < -0.3 is 20.4 Å². The number of likely N-dealkylation sites (tertiary alicyclic amines) is 2. The second-order valence-corrected chi connectivity index (χ2v) is 11.7. The molecular formula is C28H60N4. The molecule has 2 N–H and O–H groups in total. The fourth-order valence-corrected chi connectivity index (χ4v) is 5.02. The average Bonchev–Trinajstić information content (AvgIpc) is 3.28. The van der Waals surface area contributed by atoms with Crippen molar-refractivity contribution in [2.24, 2.45) is 23.7 Å². The van der Waals surface area contributed by atoms with E-state index in [1.807, 2.05) is 0 Å². The number of piperidine rings is 2. The number of nitrogens with one attached hydrogen (secondary N) is 2. The van der Waals surface area contributed by atoms with Crippen LogP contribution in [-0.4, -0.2) is 74.2 Å². The molecule has 0 aromatic carbocycles. The minimum Gasteiger partial charge on any atom is -0.314 e. The largest absolute Gasteiger partial charge is 0.314 e. The van der Waals surface area contributed by atoms with Crippen LogP contribution in [0.4, 0.5) is 0 Å². The van der Waals surface area contributed by atoms with E-state index < -0.39 is 0 Å². The summed E-state index contributed by atoms with van der Waals surface area (Å²) < 4.78 is 0. The highest BCUT2D eigenvalue weighted by molar-refractivity contribution is 4.78. The molecule has 4 aliphatic heterocycles. The second-order valence-electron chi connectivity index (χ2n) is 11.7. The van der Waals surface area contributed by atoms with E-state index in [9.17, 15) is 0 Å². The first-order valence-electron chi connectivity index (χ1n) is 13.9. The molecule has 192 valence electrons. The fraction of sp³-hybridized carbons (Fsp3) is 1.00. The maximum Gasteiger partial charge on any atom is 0.00899 e. The van der Waals surface area contributed by atoms with Crippen molar-refractivity contribution in [3.63, 3.8) is 0 Å². The molecule has 0 aromatic heterocycles. The van der Waals surface area contributed by atoms with Gasteiger partial charge in [0.2, 0.25) is 0 Å². The Kier molecular flexibility index (Phi) is 14.6. The zero-order chi connectivity index (χ0) is 24.3. The van der Waals surface area contributed by atoms with Crippen molar-refractivity contribution in [3.05, 3.63) is 0 Å². The molecule has 0 aliphatic carbocycles. The van der Waals surface area contributed by atoms with Gasteiger partial charge in [0.1, 0.15) is 0 Å². The van der Waals surface area contributed by atoms with Crippen LogP contribution in [0.25, 0.3) is 0 Å². The van der Waals surface area contributed by atoms with Crippen LogP contribution in [0.1, 0.15) is 93.9 Å². The summed E-state index contributed by atoms with van der Waals surface area (Å²) in [5, 5.41) is 6.80. The van der Waals surface area contributed by atoms with Crippen LogP contribution in [0.2, 0.25) is 0 Å². The summed E-state index contributed by atoms with van der Waals surface area (Å²) in [7, 11) is 4.43. The molecule has 0 radical (unpaired) electrons. The fourth-order valence-electron chi connectivity index (χ4n) is 5.02. The van der Waals surface area contributed by atoms with Gasteiger partial charge >= 0.3 is 0 Å². The van der Waals surface area contributed by atoms with Crippen molar-refractivity contribution in [2.45, 2.75) is 118 Å². The zero-order valence-electron chi connectivity index (χ0n) is 23.6. The summed E-state index contributed by atoms with van der Waals surface area (Å²) in [6.07, 6.45) is 8.34. The molecule has 0 spiro atoms. The van der Waals surface area contributed by atoms with Crippen LogP contribution >= 0.6 is 0 Å². The van der Waals surface area contributed by atoms with Crippen LogP contribution in [-0.2, 0) is 0 Å². The van der Waals surface area contributed by atoms with Crippen LogP contribution in [0.15, 0.2) is 0 Å². The molecule has 4 rings (SSSR count). The Morgan fingerprint density at radius 1 is 0.500 bits per heavy atom. The molecule has 8 unspecified atom stereocenters. The Hall–Kier alpha value is -0.160. The molecule has 32 heavy (non-hydrogen) atoms. The molecule has 0 saturated carbocycles. The summed E-state index contributed by atoms with van der Waals surface area (Å²) in [5.41, 5.74) is 0. The Morgan fingerprint density at radius 2 is 0.969 bits per heavy atom. The SMILES string of the molecule is CC1CCCN(C)C1C.CC1CCCNC1C.CC1CCN(C)C1C.CC1CCNC1C. The lowest BCUT2D eigenvalue weighted by molar-refractivity contribution is 0.145. The van der Waals surface area contributed by atoms with Gasteiger partial charge in [-0.25, -0.2) is 0 Å². The molecule has 4 saturated heterocycles. The normalized spacial score (nSPS) is 40.3. The lowest BCUT2D eigenvalue weighted by Crippen LogP contribution is -2.39. The molecule has 4 heteroatoms. The van der Waals surface area contributed by atoms with Crippen molar-refractivity contribution < 1.29 is 0 Å². The Morgan fingerprint density at radius 3 is 1.25 bits per heavy atom. The Bertz CT molecular complexity index is 428. The zero-order valence-corrected chi connectivity index (χ0v) is 23.6. The van der Waals surface area contributed by atoms with Crippen molar-refractivity contribution in [1.29, 1.82) is 0 Å². The molecule has 0 aromatic rings. The highest BCUT2D eigenvalue weighted by Gasteiger charge is 2.23. The van der Waals surface area contributed by atoms with Crippen molar-refractivity contribution in [2.75, 3.05) is 40.3 Å². The van der Waals surface area contributed by atoms with Crippen LogP contribution < -0.4 is 10.6 Å². The quantitative estimate of drug-likeness (QED) is 0.509. The number of hydrogen-bond donors (Lipinski definition) is 2. The smallest absolute Gasteiger partial charge is 0.00899 e. The van der Waals surface area contributed by atoms with Gasteiger partial charge in [-0.2, -0.15) is 0 Å². The van der Waals surface area contributed by atoms with Gasteiger partial charge in [0.05, 0.1) is 0 Å². The topological polar surface area (TPSA) is 30.5 Å². The molecule has 8 atom stereocenters. The standard InChI is InChI=1S/C8H17N.2C7H15N.C6H13N/c1-7-5-4-6-9(3)8(7)2;1-6-4-5-8(3)7(6)2;1-6-4-3-5-8-7(6)2;1-5-3-4-7-6(5)2/h7-8H,4-6H2,1-3H3;6-7H,4-5H2,1-3H3;6-8H,3-5H2,1-2H3;5-7H,3-4H2,1-2H3. The predicted molar refractivity (Wildman–Crippen MR) is 143 cm³/mol. The average molecular weight is 453 g/mol. The third-order valence-corrected chi connectivity index (χ3v) is 9.22. The molecule has 4 aliphatic rings. The van der Waals surface area contributed by atoms with E-state index in [-0.39, 0.29) is 0 Å². The lowest BCUT2D eigenvalue weighted by Gasteiger charge is -2.34. The van der Waals surface area contributed by atoms with E-state index in [0.29, 0.717) is 0 Å². The first-order valence-corrected chi connectivity index (χ1v) is 13.9. The van der Waals surface area contributed by atoms with Crippen molar-refractivity contribution >= 4 is 0 Å². The highest BCUT2D eigenvalue weighted by atomic mass is 15.1. The first-order chi connectivity index (χ1) is 15.0. The Balaban J connectivity index is 0.000000214. The summed E-state index contributed by atoms with van der Waals surface area (Å²) in [6, 6.07) is 3.14. The van der Waals surface area contributed by atoms with E-state index >= 15 is 0 Å². The number of hydrogen-bond acceptors (Lipinski definition) is 4. The molecule has 4 heterocycles. The molecule has 0 amide bonds. The van der Waals surface area contributed by atoms with Gasteiger partial charge in [0, 0.05) is 24.2 Å². The molecule has 4 nitrogen and oxygen atoms in total. The number of rotatable bonds is 0. The predicted octanol–water partition coefficient (Wildman–Crippen LogP) is 5.48. The summed E-state index contributed by atoms with van der Waals surface area (Å²) >= 11 is 0. The summed E-state index contributed by atoms with van der Waals surface area (Å²) in [6.45, 7) is 23.5. The van der Waals surface area contributed by atoms with Crippen molar-refractivity contribution in [3.8, 4) is 0 Å². The van der Waals surface area contributed by atoms with Crippen LogP contribution in [0.5, 0.6) is 0 Å². The highest BCUT2D eigenvalue weighted by Crippen LogP contribution is 2.21. The van der Waals surface area contributed by atoms with Gasteiger partial charge in [-0.1, -0.05) is 27.7 Å². The Labute approximate surface area is 202 Å². The third-order valence-electron chi connectivity index (χ3n) is 9.22. The summed E-state index contributed by atoms with van der Waals surface area (Å²) in [5.74, 6) is 3.62. The van der Waals surface area contributed by atoms with Crippen LogP contribution in [0, 0.1) is 23.7 Å². The number of nitrogens with zero attached hydrogens (tertiary/aromatic N) is 2. The van der Waals surface area contributed by atoms with E-state index in [1.54, 1.807) is 0 Å². The van der Waals surface area contributed by atoms with E-state index in [0.717, 1.165) is 47.8 Å². The maximum absolute atomic E-state index is 3.43. The van der Waals surface area contributed by atoms with Gasteiger partial charge in [-0.15, -0.1) is 0 Å². The minimum absolute atomic E-state index is 0.753. The third kappa shape index (κ3) is 10.8. The van der Waals surface area contributed by atoms with Gasteiger partial charge in [0.15, 0.2) is 0 Å². The van der Waals surface area contributed by atoms with Crippen LogP contribution in [0.3, 0.4) is 0 Å². The van der Waals surface area contributed by atoms with Gasteiger partial charge in [0.25, 0.3) is 0 Å². The van der Waals surface area contributed by atoms with E-state index in [4.69, 9.17) is 0 Å². The summed E-state index contributed by atoms with van der Waals surface area (Å²) in [4.78, 5) is 4.87. The molecular weight excluding hydrogens is 392 g/mol. The minimum atomic E-state index is 0.753. The van der Waals surface area contributed by atoms with Gasteiger partial charge in [-0.3, -0.25) is 0 Å². The van der Waals surface area contributed by atoms with E-state index in [2.05, 4.69) is 89.9 Å². The molecule has 4 fully saturated rings. The maximum atomic E-state index is 3.43.